The smallest absolute Gasteiger partial charge is 0.140 e. The molecule has 2 nitrogen and oxygen atoms in total. The molecule has 108 valence electrons. The molecule has 1 unspecified atom stereocenters. The lowest BCUT2D eigenvalue weighted by molar-refractivity contribution is 0.623. The molecule has 1 N–H and O–H groups in total. The first-order valence-corrected chi connectivity index (χ1v) is 7.71. The molecule has 2 aromatic rings. The Kier molecular flexibility index (Phi) is 5.38. The summed E-state index contributed by atoms with van der Waals surface area (Å²) in [5.74, 6) is 0.257. The summed E-state index contributed by atoms with van der Waals surface area (Å²) in [6.45, 7) is 2.12. The Morgan fingerprint density at radius 2 is 1.95 bits per heavy atom. The van der Waals surface area contributed by atoms with Gasteiger partial charge >= 0.3 is 0 Å². The minimum atomic E-state index is -0.461. The number of rotatable bonds is 5. The van der Waals surface area contributed by atoms with Crippen LogP contribution in [0.5, 0.6) is 0 Å². The van der Waals surface area contributed by atoms with Crippen LogP contribution in [0.2, 0.25) is 0 Å². The fourth-order valence-electron chi connectivity index (χ4n) is 1.93. The maximum Gasteiger partial charge on any atom is 0.140 e. The van der Waals surface area contributed by atoms with E-state index in [1.54, 1.807) is 23.9 Å². The van der Waals surface area contributed by atoms with Gasteiger partial charge in [0, 0.05) is 16.7 Å². The first-order valence-electron chi connectivity index (χ1n) is 6.72. The Morgan fingerprint density at radius 1 is 1.24 bits per heavy atom. The Labute approximate surface area is 129 Å². The van der Waals surface area contributed by atoms with Crippen LogP contribution in [0.3, 0.4) is 0 Å². The fourth-order valence-corrected chi connectivity index (χ4v) is 2.78. The maximum atomic E-state index is 13.3. The van der Waals surface area contributed by atoms with Gasteiger partial charge < -0.3 is 5.32 Å². The summed E-state index contributed by atoms with van der Waals surface area (Å²) in [5.41, 5.74) is 2.30. The van der Waals surface area contributed by atoms with Crippen molar-refractivity contribution >= 4 is 11.8 Å². The lowest BCUT2D eigenvalue weighted by Crippen LogP contribution is -2.11. The van der Waals surface area contributed by atoms with Crippen molar-refractivity contribution in [3.05, 3.63) is 65.0 Å². The van der Waals surface area contributed by atoms with E-state index in [4.69, 9.17) is 5.26 Å². The van der Waals surface area contributed by atoms with Gasteiger partial charge in [0.05, 0.1) is 5.56 Å². The number of benzene rings is 2. The van der Waals surface area contributed by atoms with Gasteiger partial charge in [0.15, 0.2) is 0 Å². The summed E-state index contributed by atoms with van der Waals surface area (Å²) in [4.78, 5) is 1.16. The van der Waals surface area contributed by atoms with E-state index in [1.165, 1.54) is 11.6 Å². The average molecular weight is 300 g/mol. The summed E-state index contributed by atoms with van der Waals surface area (Å²) in [7, 11) is 1.94. The van der Waals surface area contributed by atoms with Gasteiger partial charge in [0.1, 0.15) is 11.9 Å². The molecule has 0 spiro atoms. The number of nitrogens with zero attached hydrogens (tertiary/aromatic N) is 1. The van der Waals surface area contributed by atoms with Crippen molar-refractivity contribution in [2.24, 2.45) is 0 Å². The molecule has 4 heteroatoms. The second-order valence-corrected chi connectivity index (χ2v) is 5.84. The van der Waals surface area contributed by atoms with Gasteiger partial charge in [-0.3, -0.25) is 0 Å². The predicted molar refractivity (Wildman–Crippen MR) is 84.6 cm³/mol. The van der Waals surface area contributed by atoms with Gasteiger partial charge in [-0.15, -0.1) is 11.8 Å². The predicted octanol–water partition coefficient (Wildman–Crippen LogP) is 4.27. The van der Waals surface area contributed by atoms with Crippen LogP contribution in [-0.4, -0.2) is 7.05 Å². The van der Waals surface area contributed by atoms with Crippen molar-refractivity contribution in [1.29, 1.82) is 5.26 Å². The highest BCUT2D eigenvalue weighted by Crippen LogP contribution is 2.25. The Balaban J connectivity index is 2.02. The molecule has 0 saturated carbocycles. The Hall–Kier alpha value is -1.83. The van der Waals surface area contributed by atoms with Crippen molar-refractivity contribution in [3.8, 4) is 6.07 Å². The van der Waals surface area contributed by atoms with E-state index in [1.807, 2.05) is 13.1 Å². The number of nitriles is 1. The van der Waals surface area contributed by atoms with E-state index < -0.39 is 5.82 Å². The summed E-state index contributed by atoms with van der Waals surface area (Å²) in [6, 6.07) is 15.3. The third-order valence-electron chi connectivity index (χ3n) is 3.37. The standard InChI is InChI=1S/C17H17FN2S/c1-12(20-2)14-4-6-16(7-5-14)21-11-13-3-8-17(18)15(9-13)10-19/h3-9,12,20H,11H2,1-2H3. The molecule has 0 aliphatic carbocycles. The average Bonchev–Trinajstić information content (AvgIpc) is 2.53. The molecule has 0 aliphatic heterocycles. The summed E-state index contributed by atoms with van der Waals surface area (Å²) in [6.07, 6.45) is 0. The highest BCUT2D eigenvalue weighted by Gasteiger charge is 2.05. The maximum absolute atomic E-state index is 13.3. The third-order valence-corrected chi connectivity index (χ3v) is 4.45. The molecule has 0 fully saturated rings. The van der Waals surface area contributed by atoms with E-state index in [-0.39, 0.29) is 5.56 Å². The van der Waals surface area contributed by atoms with Crippen LogP contribution in [0.15, 0.2) is 47.4 Å². The number of hydrogen-bond donors (Lipinski definition) is 1. The van der Waals surface area contributed by atoms with Crippen LogP contribution in [0.25, 0.3) is 0 Å². The van der Waals surface area contributed by atoms with Crippen LogP contribution >= 0.6 is 11.8 Å². The zero-order valence-electron chi connectivity index (χ0n) is 12.1. The number of halogens is 1. The molecule has 2 rings (SSSR count). The molecule has 2 aromatic carbocycles. The van der Waals surface area contributed by atoms with Gasteiger partial charge in [-0.05, 0) is 49.4 Å². The minimum absolute atomic E-state index is 0.103. The Bertz CT molecular complexity index is 647. The summed E-state index contributed by atoms with van der Waals surface area (Å²) < 4.78 is 13.3. The second-order valence-electron chi connectivity index (χ2n) is 4.79. The molecule has 0 amide bonds. The van der Waals surface area contributed by atoms with Crippen LogP contribution in [0, 0.1) is 17.1 Å². The molecule has 21 heavy (non-hydrogen) atoms. The van der Waals surface area contributed by atoms with Crippen LogP contribution < -0.4 is 5.32 Å². The van der Waals surface area contributed by atoms with Crippen molar-refractivity contribution in [1.82, 2.24) is 5.32 Å². The number of hydrogen-bond acceptors (Lipinski definition) is 3. The topological polar surface area (TPSA) is 35.8 Å². The highest BCUT2D eigenvalue weighted by molar-refractivity contribution is 7.98. The van der Waals surface area contributed by atoms with E-state index >= 15 is 0 Å². The van der Waals surface area contributed by atoms with Gasteiger partial charge in [0.2, 0.25) is 0 Å². The highest BCUT2D eigenvalue weighted by atomic mass is 32.2. The van der Waals surface area contributed by atoms with Crippen molar-refractivity contribution in [2.45, 2.75) is 23.6 Å². The molecule has 0 aliphatic rings. The summed E-state index contributed by atoms with van der Waals surface area (Å²) in [5, 5.41) is 12.0. The SMILES string of the molecule is CNC(C)c1ccc(SCc2ccc(F)c(C#N)c2)cc1. The van der Waals surface area contributed by atoms with E-state index in [0.717, 1.165) is 16.2 Å². The van der Waals surface area contributed by atoms with E-state index in [2.05, 4.69) is 36.5 Å². The van der Waals surface area contributed by atoms with Crippen molar-refractivity contribution in [2.75, 3.05) is 7.05 Å². The van der Waals surface area contributed by atoms with Crippen LogP contribution in [0.1, 0.15) is 29.7 Å². The molecule has 1 atom stereocenters. The lowest BCUT2D eigenvalue weighted by Gasteiger charge is -2.11. The summed E-state index contributed by atoms with van der Waals surface area (Å²) >= 11 is 1.67. The first kappa shape index (κ1) is 15.6. The van der Waals surface area contributed by atoms with Crippen LogP contribution in [0.4, 0.5) is 4.39 Å². The molecular weight excluding hydrogens is 283 g/mol. The normalized spacial score (nSPS) is 11.9. The van der Waals surface area contributed by atoms with Crippen molar-refractivity contribution in [3.63, 3.8) is 0 Å². The third kappa shape index (κ3) is 4.07. The van der Waals surface area contributed by atoms with Gasteiger partial charge in [-0.25, -0.2) is 4.39 Å². The van der Waals surface area contributed by atoms with Gasteiger partial charge in [0.25, 0.3) is 0 Å². The minimum Gasteiger partial charge on any atom is -0.313 e. The molecule has 0 saturated heterocycles. The quantitative estimate of drug-likeness (QED) is 0.838. The zero-order valence-corrected chi connectivity index (χ0v) is 12.9. The lowest BCUT2D eigenvalue weighted by atomic mass is 10.1. The second kappa shape index (κ2) is 7.26. The largest absolute Gasteiger partial charge is 0.313 e. The molecule has 0 heterocycles. The van der Waals surface area contributed by atoms with E-state index in [0.29, 0.717) is 6.04 Å². The van der Waals surface area contributed by atoms with Gasteiger partial charge in [-0.2, -0.15) is 5.26 Å². The number of thioether (sulfide) groups is 1. The Morgan fingerprint density at radius 3 is 2.57 bits per heavy atom. The molecular formula is C17H17FN2S. The number of nitrogens with one attached hydrogen (secondary N) is 1. The van der Waals surface area contributed by atoms with E-state index in [9.17, 15) is 4.39 Å². The molecule has 0 aromatic heterocycles. The molecule has 0 bridgehead atoms. The first-order chi connectivity index (χ1) is 10.1. The van der Waals surface area contributed by atoms with Crippen LogP contribution in [-0.2, 0) is 5.75 Å². The fraction of sp³-hybridized carbons (Fsp3) is 0.235. The van der Waals surface area contributed by atoms with Gasteiger partial charge in [-0.1, -0.05) is 18.2 Å². The zero-order chi connectivity index (χ0) is 15.2. The molecule has 0 radical (unpaired) electrons. The van der Waals surface area contributed by atoms with Crippen molar-refractivity contribution < 1.29 is 4.39 Å². The monoisotopic (exact) mass is 300 g/mol.